The van der Waals surface area contributed by atoms with E-state index in [9.17, 15) is 19.5 Å². The Morgan fingerprint density at radius 2 is 1.93 bits per heavy atom. The normalized spacial score (nSPS) is 31.6. The first-order chi connectivity index (χ1) is 18.9. The van der Waals surface area contributed by atoms with E-state index >= 15 is 0 Å². The van der Waals surface area contributed by atoms with Crippen molar-refractivity contribution in [1.29, 1.82) is 0 Å². The Balaban J connectivity index is 1.84. The van der Waals surface area contributed by atoms with Crippen molar-refractivity contribution in [3.05, 3.63) is 61.2 Å². The molecule has 2 bridgehead atoms. The molecule has 8 nitrogen and oxygen atoms in total. The summed E-state index contributed by atoms with van der Waals surface area (Å²) in [5, 5.41) is 10.6. The van der Waals surface area contributed by atoms with Gasteiger partial charge in [0.25, 0.3) is 0 Å². The third-order valence-electron chi connectivity index (χ3n) is 9.11. The van der Waals surface area contributed by atoms with Crippen LogP contribution in [0.25, 0.3) is 0 Å². The number of aliphatic hydroxyl groups excluding tert-OH is 1. The van der Waals surface area contributed by atoms with Crippen LogP contribution in [0.1, 0.15) is 53.0 Å². The molecule has 1 aromatic rings. The number of nitrogens with zero attached hydrogens (tertiary/aromatic N) is 2. The zero-order chi connectivity index (χ0) is 29.5. The monoisotopic (exact) mass is 552 g/mol. The Morgan fingerprint density at radius 1 is 1.25 bits per heavy atom. The van der Waals surface area contributed by atoms with E-state index in [1.165, 1.54) is 4.90 Å². The van der Waals surface area contributed by atoms with Crippen molar-refractivity contribution in [2.75, 3.05) is 19.8 Å². The van der Waals surface area contributed by atoms with E-state index in [2.05, 4.69) is 13.2 Å². The summed E-state index contributed by atoms with van der Waals surface area (Å²) in [7, 11) is 0. The van der Waals surface area contributed by atoms with Gasteiger partial charge < -0.3 is 24.4 Å². The van der Waals surface area contributed by atoms with Crippen LogP contribution in [-0.4, -0.2) is 81.3 Å². The maximum Gasteiger partial charge on any atom is 0.312 e. The van der Waals surface area contributed by atoms with Crippen LogP contribution in [0.5, 0.6) is 0 Å². The van der Waals surface area contributed by atoms with E-state index in [0.29, 0.717) is 19.3 Å². The van der Waals surface area contributed by atoms with E-state index in [-0.39, 0.29) is 37.5 Å². The molecular formula is C32H44N2O6. The number of fused-ring (bicyclic) bond motifs is 1. The Hall–Kier alpha value is -2.97. The minimum Gasteiger partial charge on any atom is -0.465 e. The number of amides is 2. The van der Waals surface area contributed by atoms with Crippen molar-refractivity contribution >= 4 is 17.8 Å². The van der Waals surface area contributed by atoms with Gasteiger partial charge in [-0.05, 0) is 58.4 Å². The van der Waals surface area contributed by atoms with Crippen molar-refractivity contribution in [3.8, 4) is 0 Å². The van der Waals surface area contributed by atoms with E-state index in [1.807, 2.05) is 65.0 Å². The quantitative estimate of drug-likeness (QED) is 0.256. The Labute approximate surface area is 238 Å². The standard InChI is InChI=1S/C32H44N2O6/c1-8-10-17-39-29(38)25-24-27(36)34(23(20-35)18-22-14-12-11-13-15-22)26(28(37)33(16-9-2)30(4,5)6)32(24)19-21(3)31(25,7)40-32/h8-9,11-15,21,23-26,35H,1-2,10,16-20H2,3-7H3/t21?,23-,24+,25-,26?,31+,32?/m1/s1. The second-order valence-corrected chi connectivity index (χ2v) is 12.6. The van der Waals surface area contributed by atoms with Gasteiger partial charge in [-0.2, -0.15) is 0 Å². The van der Waals surface area contributed by atoms with Crippen LogP contribution in [0, 0.1) is 17.8 Å². The lowest BCUT2D eigenvalue weighted by molar-refractivity contribution is -0.164. The summed E-state index contributed by atoms with van der Waals surface area (Å²) in [6, 6.07) is 7.88. The minimum absolute atomic E-state index is 0.104. The number of hydrogen-bond donors (Lipinski definition) is 1. The van der Waals surface area contributed by atoms with Gasteiger partial charge in [-0.25, -0.2) is 0 Å². The third kappa shape index (κ3) is 4.79. The predicted molar refractivity (Wildman–Crippen MR) is 152 cm³/mol. The van der Waals surface area contributed by atoms with Crippen molar-refractivity contribution in [2.24, 2.45) is 17.8 Å². The summed E-state index contributed by atoms with van der Waals surface area (Å²) in [4.78, 5) is 46.0. The highest BCUT2D eigenvalue weighted by atomic mass is 16.6. The van der Waals surface area contributed by atoms with E-state index in [0.717, 1.165) is 5.56 Å². The van der Waals surface area contributed by atoms with Crippen LogP contribution in [0.2, 0.25) is 0 Å². The fourth-order valence-electron chi connectivity index (χ4n) is 7.15. The van der Waals surface area contributed by atoms with Gasteiger partial charge in [-0.1, -0.05) is 49.4 Å². The Kier molecular flexibility index (Phi) is 8.35. The maximum atomic E-state index is 14.6. The highest BCUT2D eigenvalue weighted by Gasteiger charge is 2.81. The molecule has 1 spiro atoms. The number of rotatable bonds is 11. The second-order valence-electron chi connectivity index (χ2n) is 12.6. The molecule has 2 amide bonds. The molecule has 3 fully saturated rings. The first kappa shape index (κ1) is 30.0. The van der Waals surface area contributed by atoms with Crippen molar-refractivity contribution in [3.63, 3.8) is 0 Å². The highest BCUT2D eigenvalue weighted by molar-refractivity contribution is 5.99. The van der Waals surface area contributed by atoms with Crippen molar-refractivity contribution in [1.82, 2.24) is 9.80 Å². The molecule has 1 aromatic carbocycles. The van der Waals surface area contributed by atoms with Gasteiger partial charge >= 0.3 is 5.97 Å². The van der Waals surface area contributed by atoms with Gasteiger partial charge in [0.2, 0.25) is 11.8 Å². The van der Waals surface area contributed by atoms with E-state index in [4.69, 9.17) is 9.47 Å². The molecule has 0 radical (unpaired) electrons. The first-order valence-corrected chi connectivity index (χ1v) is 14.2. The van der Waals surface area contributed by atoms with Crippen LogP contribution in [-0.2, 0) is 30.3 Å². The molecule has 3 heterocycles. The Bertz CT molecular complexity index is 1150. The Morgan fingerprint density at radius 3 is 2.50 bits per heavy atom. The van der Waals surface area contributed by atoms with Gasteiger partial charge in [0.1, 0.15) is 17.6 Å². The van der Waals surface area contributed by atoms with Gasteiger partial charge in [0, 0.05) is 12.1 Å². The molecule has 0 aromatic heterocycles. The largest absolute Gasteiger partial charge is 0.465 e. The summed E-state index contributed by atoms with van der Waals surface area (Å²) in [5.41, 5.74) is -1.83. The number of ether oxygens (including phenoxy) is 2. The number of hydrogen-bond acceptors (Lipinski definition) is 6. The van der Waals surface area contributed by atoms with E-state index < -0.39 is 46.6 Å². The summed E-state index contributed by atoms with van der Waals surface area (Å²) >= 11 is 0. The molecule has 3 aliphatic rings. The molecule has 1 N–H and O–H groups in total. The van der Waals surface area contributed by atoms with Crippen LogP contribution in [0.4, 0.5) is 0 Å². The first-order valence-electron chi connectivity index (χ1n) is 14.2. The highest BCUT2D eigenvalue weighted by Crippen LogP contribution is 2.65. The maximum absolute atomic E-state index is 14.6. The number of likely N-dealkylation sites (tertiary alicyclic amines) is 1. The lowest BCUT2D eigenvalue weighted by atomic mass is 9.62. The molecule has 3 saturated heterocycles. The summed E-state index contributed by atoms with van der Waals surface area (Å²) in [5.74, 6) is -2.98. The molecule has 0 saturated carbocycles. The van der Waals surface area contributed by atoms with Crippen molar-refractivity contribution < 1.29 is 29.0 Å². The number of carbonyl (C=O) groups excluding carboxylic acids is 3. The molecule has 7 atom stereocenters. The average Bonchev–Trinajstić information content (AvgIpc) is 3.42. The van der Waals surface area contributed by atoms with Crippen LogP contribution >= 0.6 is 0 Å². The van der Waals surface area contributed by atoms with Gasteiger partial charge in [-0.15, -0.1) is 13.2 Å². The van der Waals surface area contributed by atoms with Gasteiger partial charge in [0.05, 0.1) is 30.8 Å². The van der Waals surface area contributed by atoms with Crippen molar-refractivity contribution in [2.45, 2.75) is 82.7 Å². The molecule has 0 aliphatic carbocycles. The molecule has 4 rings (SSSR count). The van der Waals surface area contributed by atoms with Crippen LogP contribution < -0.4 is 0 Å². The number of esters is 1. The molecule has 218 valence electrons. The topological polar surface area (TPSA) is 96.4 Å². The zero-order valence-electron chi connectivity index (χ0n) is 24.5. The average molecular weight is 553 g/mol. The predicted octanol–water partition coefficient (Wildman–Crippen LogP) is 3.53. The molecule has 8 heteroatoms. The second kappa shape index (κ2) is 11.1. The third-order valence-corrected chi connectivity index (χ3v) is 9.11. The van der Waals surface area contributed by atoms with Gasteiger partial charge in [-0.3, -0.25) is 14.4 Å². The summed E-state index contributed by atoms with van der Waals surface area (Å²) < 4.78 is 12.4. The molecular weight excluding hydrogens is 508 g/mol. The summed E-state index contributed by atoms with van der Waals surface area (Å²) in [6.45, 7) is 17.3. The lowest BCUT2D eigenvalue weighted by Gasteiger charge is -2.43. The fourth-order valence-corrected chi connectivity index (χ4v) is 7.15. The van der Waals surface area contributed by atoms with Crippen LogP contribution in [0.3, 0.4) is 0 Å². The molecule has 3 unspecified atom stereocenters. The lowest BCUT2D eigenvalue weighted by Crippen LogP contribution is -2.62. The van der Waals surface area contributed by atoms with Crippen LogP contribution in [0.15, 0.2) is 55.6 Å². The van der Waals surface area contributed by atoms with Gasteiger partial charge in [0.15, 0.2) is 0 Å². The zero-order valence-corrected chi connectivity index (χ0v) is 24.5. The molecule has 40 heavy (non-hydrogen) atoms. The smallest absolute Gasteiger partial charge is 0.312 e. The summed E-state index contributed by atoms with van der Waals surface area (Å²) in [6.07, 6.45) is 4.63. The number of benzene rings is 1. The van der Waals surface area contributed by atoms with E-state index in [1.54, 1.807) is 17.1 Å². The SMILES string of the molecule is C=CCCOC(=O)[C@H]1[C@H]2C(=O)N([C@@H](CO)Cc3ccccc3)C(C(=O)N(CC=C)C(C)(C)C)C23CC(C)[C@]1(C)O3. The number of carbonyl (C=O) groups is 3. The fraction of sp³-hybridized carbons (Fsp3) is 0.594. The number of aliphatic hydroxyl groups is 1. The minimum atomic E-state index is -1.22. The molecule has 3 aliphatic heterocycles.